The molecule has 2 rings (SSSR count). The molecule has 0 aliphatic heterocycles. The van der Waals surface area contributed by atoms with Gasteiger partial charge in [0.05, 0.1) is 4.70 Å². The lowest BCUT2D eigenvalue weighted by Crippen LogP contribution is -2.30. The van der Waals surface area contributed by atoms with Crippen LogP contribution < -0.4 is 5.46 Å². The van der Waals surface area contributed by atoms with Crippen molar-refractivity contribution in [3.05, 3.63) is 23.8 Å². The van der Waals surface area contributed by atoms with Crippen molar-refractivity contribution in [2.75, 3.05) is 0 Å². The van der Waals surface area contributed by atoms with Crippen molar-refractivity contribution in [1.29, 1.82) is 0 Å². The lowest BCUT2D eigenvalue weighted by atomic mass is 9.80. The molecular formula is C7H6BNO2S. The van der Waals surface area contributed by atoms with Crippen LogP contribution in [0.15, 0.2) is 23.8 Å². The maximum absolute atomic E-state index is 8.96. The maximum Gasteiger partial charge on any atom is 0.490 e. The average molecular weight is 179 g/mol. The minimum absolute atomic E-state index is 0.466. The Morgan fingerprint density at radius 1 is 1.33 bits per heavy atom. The summed E-state index contributed by atoms with van der Waals surface area (Å²) < 4.78 is 0.973. The van der Waals surface area contributed by atoms with E-state index in [0.29, 0.717) is 5.46 Å². The highest BCUT2D eigenvalue weighted by Gasteiger charge is 2.14. The minimum atomic E-state index is -1.43. The van der Waals surface area contributed by atoms with Crippen LogP contribution in [0.3, 0.4) is 0 Å². The van der Waals surface area contributed by atoms with Gasteiger partial charge in [-0.15, -0.1) is 11.3 Å². The van der Waals surface area contributed by atoms with Crippen LogP contribution in [0.25, 0.3) is 10.1 Å². The second-order valence-corrected chi connectivity index (χ2v) is 3.38. The SMILES string of the molecule is OB(O)c1cncc2sccc12. The fourth-order valence-corrected chi connectivity index (χ4v) is 1.91. The van der Waals surface area contributed by atoms with Gasteiger partial charge in [-0.25, -0.2) is 0 Å². The molecule has 0 fully saturated rings. The van der Waals surface area contributed by atoms with Gasteiger partial charge < -0.3 is 10.0 Å². The zero-order valence-corrected chi connectivity index (χ0v) is 6.95. The van der Waals surface area contributed by atoms with Gasteiger partial charge in [-0.3, -0.25) is 4.98 Å². The Morgan fingerprint density at radius 3 is 2.92 bits per heavy atom. The molecule has 0 saturated heterocycles. The largest absolute Gasteiger partial charge is 0.490 e. The van der Waals surface area contributed by atoms with Gasteiger partial charge in [0.1, 0.15) is 0 Å². The number of thiophene rings is 1. The van der Waals surface area contributed by atoms with Gasteiger partial charge in [0.25, 0.3) is 0 Å². The van der Waals surface area contributed by atoms with Gasteiger partial charge >= 0.3 is 7.12 Å². The molecule has 2 aromatic rings. The molecule has 2 heterocycles. The molecule has 0 unspecified atom stereocenters. The number of hydrogen-bond acceptors (Lipinski definition) is 4. The molecule has 0 bridgehead atoms. The molecule has 0 spiro atoms. The third kappa shape index (κ3) is 1.12. The van der Waals surface area contributed by atoms with Crippen LogP contribution in [0.1, 0.15) is 0 Å². The number of aromatic nitrogens is 1. The van der Waals surface area contributed by atoms with Crippen molar-refractivity contribution in [1.82, 2.24) is 4.98 Å². The Morgan fingerprint density at radius 2 is 2.17 bits per heavy atom. The second-order valence-electron chi connectivity index (χ2n) is 2.43. The predicted molar refractivity (Wildman–Crippen MR) is 49.4 cm³/mol. The van der Waals surface area contributed by atoms with E-state index in [9.17, 15) is 0 Å². The van der Waals surface area contributed by atoms with Gasteiger partial charge in [-0.2, -0.15) is 0 Å². The fourth-order valence-electron chi connectivity index (χ4n) is 1.12. The maximum atomic E-state index is 8.96. The zero-order valence-electron chi connectivity index (χ0n) is 6.14. The summed E-state index contributed by atoms with van der Waals surface area (Å²) in [6.45, 7) is 0. The Hall–Kier alpha value is -0.905. The molecular weight excluding hydrogens is 173 g/mol. The summed E-state index contributed by atoms with van der Waals surface area (Å²) in [5.41, 5.74) is 0.466. The van der Waals surface area contributed by atoms with Crippen LogP contribution in [-0.4, -0.2) is 22.2 Å². The molecule has 0 aliphatic rings. The molecule has 0 aliphatic carbocycles. The molecule has 0 radical (unpaired) electrons. The summed E-state index contributed by atoms with van der Waals surface area (Å²) in [5, 5.41) is 20.7. The smallest absolute Gasteiger partial charge is 0.423 e. The van der Waals surface area contributed by atoms with Crippen molar-refractivity contribution < 1.29 is 10.0 Å². The second kappa shape index (κ2) is 2.86. The standard InChI is InChI=1S/C7H6BNO2S/c10-8(11)6-3-9-4-7-5(6)1-2-12-7/h1-4,10-11H. The molecule has 12 heavy (non-hydrogen) atoms. The van der Waals surface area contributed by atoms with E-state index >= 15 is 0 Å². The average Bonchev–Trinajstić information content (AvgIpc) is 2.49. The Balaban J connectivity index is 2.73. The van der Waals surface area contributed by atoms with Gasteiger partial charge in [0.2, 0.25) is 0 Å². The normalized spacial score (nSPS) is 10.5. The van der Waals surface area contributed by atoms with E-state index in [0.717, 1.165) is 10.1 Å². The van der Waals surface area contributed by atoms with E-state index in [-0.39, 0.29) is 0 Å². The Kier molecular flexibility index (Phi) is 1.84. The van der Waals surface area contributed by atoms with Crippen LogP contribution in [-0.2, 0) is 0 Å². The molecule has 0 aromatic carbocycles. The fraction of sp³-hybridized carbons (Fsp3) is 0. The van der Waals surface area contributed by atoms with E-state index in [2.05, 4.69) is 4.98 Å². The zero-order chi connectivity index (χ0) is 8.55. The molecule has 0 amide bonds. The topological polar surface area (TPSA) is 53.4 Å². The van der Waals surface area contributed by atoms with Crippen LogP contribution >= 0.6 is 11.3 Å². The van der Waals surface area contributed by atoms with Crippen molar-refractivity contribution in [3.8, 4) is 0 Å². The monoisotopic (exact) mass is 179 g/mol. The molecule has 0 atom stereocenters. The van der Waals surface area contributed by atoms with Crippen LogP contribution in [0.4, 0.5) is 0 Å². The lowest BCUT2D eigenvalue weighted by molar-refractivity contribution is 0.426. The van der Waals surface area contributed by atoms with Crippen LogP contribution in [0.2, 0.25) is 0 Å². The number of rotatable bonds is 1. The molecule has 60 valence electrons. The van der Waals surface area contributed by atoms with Crippen molar-refractivity contribution in [2.24, 2.45) is 0 Å². The molecule has 5 heteroatoms. The first-order valence-electron chi connectivity index (χ1n) is 3.46. The summed E-state index contributed by atoms with van der Waals surface area (Å²) in [6.07, 6.45) is 3.19. The predicted octanol–water partition coefficient (Wildman–Crippen LogP) is -0.0239. The van der Waals surface area contributed by atoms with E-state index < -0.39 is 7.12 Å². The molecule has 0 saturated carbocycles. The summed E-state index contributed by atoms with van der Waals surface area (Å²) >= 11 is 1.53. The number of nitrogens with zero attached hydrogens (tertiary/aromatic N) is 1. The van der Waals surface area contributed by atoms with E-state index in [1.54, 1.807) is 6.20 Å². The molecule has 3 nitrogen and oxygen atoms in total. The number of pyridine rings is 1. The van der Waals surface area contributed by atoms with Gasteiger partial charge in [0, 0.05) is 17.9 Å². The first-order chi connectivity index (χ1) is 5.79. The van der Waals surface area contributed by atoms with E-state index in [1.807, 2.05) is 11.4 Å². The number of fused-ring (bicyclic) bond motifs is 1. The van der Waals surface area contributed by atoms with Gasteiger partial charge in [0.15, 0.2) is 0 Å². The first-order valence-corrected chi connectivity index (χ1v) is 4.34. The molecule has 2 aromatic heterocycles. The minimum Gasteiger partial charge on any atom is -0.423 e. The summed E-state index contributed by atoms with van der Waals surface area (Å²) in [6, 6.07) is 1.86. The summed E-state index contributed by atoms with van der Waals surface area (Å²) in [4.78, 5) is 3.90. The van der Waals surface area contributed by atoms with Crippen LogP contribution in [0, 0.1) is 0 Å². The number of hydrogen-bond donors (Lipinski definition) is 2. The van der Waals surface area contributed by atoms with Gasteiger partial charge in [-0.05, 0) is 16.8 Å². The van der Waals surface area contributed by atoms with E-state index in [1.165, 1.54) is 17.5 Å². The Bertz CT molecular complexity index is 401. The molecule has 2 N–H and O–H groups in total. The van der Waals surface area contributed by atoms with E-state index in [4.69, 9.17) is 10.0 Å². The van der Waals surface area contributed by atoms with Crippen molar-refractivity contribution >= 4 is 34.0 Å². The quantitative estimate of drug-likeness (QED) is 0.604. The lowest BCUT2D eigenvalue weighted by Gasteiger charge is -1.98. The van der Waals surface area contributed by atoms with Crippen LogP contribution in [0.5, 0.6) is 0 Å². The summed E-state index contributed by atoms with van der Waals surface area (Å²) in [7, 11) is -1.43. The highest BCUT2D eigenvalue weighted by atomic mass is 32.1. The highest BCUT2D eigenvalue weighted by molar-refractivity contribution is 7.17. The first kappa shape index (κ1) is 7.73. The van der Waals surface area contributed by atoms with Crippen molar-refractivity contribution in [3.63, 3.8) is 0 Å². The highest BCUT2D eigenvalue weighted by Crippen LogP contribution is 2.16. The van der Waals surface area contributed by atoms with Gasteiger partial charge in [-0.1, -0.05) is 0 Å². The third-order valence-corrected chi connectivity index (χ3v) is 2.54. The van der Waals surface area contributed by atoms with Crippen molar-refractivity contribution in [2.45, 2.75) is 0 Å². The Labute approximate surface area is 73.5 Å². The summed E-state index contributed by atoms with van der Waals surface area (Å²) in [5.74, 6) is 0. The third-order valence-electron chi connectivity index (χ3n) is 1.69.